The van der Waals surface area contributed by atoms with Gasteiger partial charge in [0.2, 0.25) is 70.9 Å². The normalized spacial score (nSPS) is 26.3. The Balaban J connectivity index is 1.49. The van der Waals surface area contributed by atoms with Gasteiger partial charge >= 0.3 is 12.1 Å². The highest BCUT2D eigenvalue weighted by atomic mass is 19.4. The molecular formula is C71H105F5N12O15. The standard InChI is InChI=1S/C71H105F5N12O15/c1-14-33-103-57(92)38-53-65(97)81(9)40-54(89)77-48(29-28-43-34-46(72)58(47(73)35-43)71(74,75)76)63(95)88-39-45(102-18-5)36-51(88)62(94)79-70(30-24-31-70)69(101)85(13)60(44-25-21-22-26-44)68(100)86(17-4)52(64(96)80(7)8)37-55(90)83(11)49(16-3)61(93)78-59(42(6)15-2)67(99)82(10)41-56(91)84(12)50-27-20-19-23-32-87(53)66(50)98/h14,34-35,42,44-45,48-53,59-60H,1,15-33,36-41H2,2-13H3,(H,77,89)(H,78,93)(H,79,94)/t42-,45+,48-,49-,50-,51-,52-,53-,59-,60-/m0/s1. The molecule has 1 aromatic rings. The lowest BCUT2D eigenvalue weighted by atomic mass is 9.74. The Kier molecular flexibility index (Phi) is 30.0. The van der Waals surface area contributed by atoms with Crippen LogP contribution >= 0.6 is 0 Å². The Bertz CT molecular complexity index is 3270. The molecule has 3 aliphatic heterocycles. The van der Waals surface area contributed by atoms with Gasteiger partial charge in [0, 0.05) is 82.0 Å². The maximum Gasteiger partial charge on any atom is 0.422 e. The Hall–Kier alpha value is -8.32. The van der Waals surface area contributed by atoms with Crippen molar-refractivity contribution in [3.8, 4) is 0 Å². The van der Waals surface area contributed by atoms with Crippen LogP contribution < -0.4 is 16.0 Å². The SMILES string of the molecule is C=CCOC(=O)C[C@H]1C(=O)N(C)CC(=O)N[C@@H](CCc2cc(F)c(C(F)(F)F)c(F)c2)C(=O)N2C[C@H](OCC)C[C@H]2C(=O)NC2(CCC2)C(=O)N(C)[C@@H](C2CCCC2)C(=O)N(CC)[C@H](C(=O)N(C)C)CC(=O)N(C)[C@@H](CC)C(=O)N[C@@H]([C@@H](C)CC)C(=O)N(C)CC(=O)N(C)[C@H]2CCCCCN1C2=O. The first-order chi connectivity index (χ1) is 48.5. The first-order valence-corrected chi connectivity index (χ1v) is 35.8. The van der Waals surface area contributed by atoms with Gasteiger partial charge in [-0.3, -0.25) is 62.3 Å². The summed E-state index contributed by atoms with van der Waals surface area (Å²) in [5, 5.41) is 8.27. The van der Waals surface area contributed by atoms with E-state index in [0.29, 0.717) is 69.9 Å². The molecule has 5 fully saturated rings. The van der Waals surface area contributed by atoms with Gasteiger partial charge in [-0.1, -0.05) is 65.5 Å². The maximum absolute atomic E-state index is 15.6. The van der Waals surface area contributed by atoms with Crippen molar-refractivity contribution in [3.63, 3.8) is 0 Å². The largest absolute Gasteiger partial charge is 0.461 e. The molecule has 32 heteroatoms. The summed E-state index contributed by atoms with van der Waals surface area (Å²) in [4.78, 5) is 203. The number of halogens is 5. The zero-order valence-electron chi connectivity index (χ0n) is 61.5. The zero-order chi connectivity index (χ0) is 76.7. The predicted molar refractivity (Wildman–Crippen MR) is 365 cm³/mol. The van der Waals surface area contributed by atoms with E-state index in [1.165, 1.54) is 63.1 Å². The van der Waals surface area contributed by atoms with Crippen LogP contribution in [0.3, 0.4) is 0 Å². The molecular weight excluding hydrogens is 1360 g/mol. The summed E-state index contributed by atoms with van der Waals surface area (Å²) in [6, 6.07) is -10.7. The molecule has 3 saturated heterocycles. The summed E-state index contributed by atoms with van der Waals surface area (Å²) in [5.74, 6) is -15.6. The number of alkyl halides is 3. The Morgan fingerprint density at radius 2 is 1.36 bits per heavy atom. The highest BCUT2D eigenvalue weighted by Gasteiger charge is 2.54. The van der Waals surface area contributed by atoms with Gasteiger partial charge in [-0.2, -0.15) is 13.2 Å². The number of benzene rings is 1. The van der Waals surface area contributed by atoms with Crippen LogP contribution in [0.4, 0.5) is 22.0 Å². The van der Waals surface area contributed by atoms with Crippen LogP contribution in [0, 0.1) is 23.5 Å². The van der Waals surface area contributed by atoms with Gasteiger partial charge in [-0.15, -0.1) is 0 Å². The van der Waals surface area contributed by atoms with Crippen LogP contribution in [-0.2, 0) is 84.4 Å². The van der Waals surface area contributed by atoms with Crippen molar-refractivity contribution in [2.24, 2.45) is 11.8 Å². The fraction of sp³-hybridized carbons (Fsp3) is 0.704. The van der Waals surface area contributed by atoms with E-state index in [-0.39, 0.29) is 70.5 Å². The number of hydrogen-bond donors (Lipinski definition) is 3. The van der Waals surface area contributed by atoms with Gasteiger partial charge in [-0.05, 0) is 108 Å². The number of amides is 12. The van der Waals surface area contributed by atoms with Crippen LogP contribution in [0.5, 0.6) is 0 Å². The number of carbonyl (C=O) groups excluding carboxylic acids is 13. The van der Waals surface area contributed by atoms with Gasteiger partial charge in [0.1, 0.15) is 77.7 Å². The second-order valence-corrected chi connectivity index (χ2v) is 28.1. The molecule has 10 atom stereocenters. The number of ether oxygens (including phenoxy) is 2. The van der Waals surface area contributed by atoms with E-state index in [9.17, 15) is 46.7 Å². The van der Waals surface area contributed by atoms with Crippen molar-refractivity contribution < 1.29 is 93.8 Å². The van der Waals surface area contributed by atoms with Crippen LogP contribution in [-0.4, -0.2) is 276 Å². The molecule has 574 valence electrons. The molecule has 2 saturated carbocycles. The molecule has 27 nitrogen and oxygen atoms in total. The number of rotatable bonds is 15. The second kappa shape index (κ2) is 36.9. The minimum absolute atomic E-state index is 0.0106. The minimum Gasteiger partial charge on any atom is -0.461 e. The van der Waals surface area contributed by atoms with E-state index in [4.69, 9.17) is 9.47 Å². The van der Waals surface area contributed by atoms with Crippen molar-refractivity contribution in [2.75, 3.05) is 95.3 Å². The Morgan fingerprint density at radius 3 is 1.92 bits per heavy atom. The summed E-state index contributed by atoms with van der Waals surface area (Å²) in [5.41, 5.74) is -4.23. The summed E-state index contributed by atoms with van der Waals surface area (Å²) in [6.45, 7) is 9.57. The first-order valence-electron chi connectivity index (χ1n) is 35.8. The maximum atomic E-state index is 15.6. The molecule has 2 aliphatic carbocycles. The third-order valence-electron chi connectivity index (χ3n) is 20.9. The average molecular weight is 1460 g/mol. The van der Waals surface area contributed by atoms with Crippen molar-refractivity contribution in [3.05, 3.63) is 47.5 Å². The molecule has 12 amide bonds. The predicted octanol–water partition coefficient (Wildman–Crippen LogP) is 3.57. The number of carbonyl (C=O) groups is 13. The fourth-order valence-corrected chi connectivity index (χ4v) is 14.7. The van der Waals surface area contributed by atoms with Gasteiger partial charge in [0.25, 0.3) is 0 Å². The lowest BCUT2D eigenvalue weighted by Crippen LogP contribution is -2.68. The van der Waals surface area contributed by atoms with E-state index in [2.05, 4.69) is 22.5 Å². The monoisotopic (exact) mass is 1460 g/mol. The van der Waals surface area contributed by atoms with Crippen molar-refractivity contribution in [1.29, 1.82) is 0 Å². The quantitative estimate of drug-likeness (QED) is 0.128. The fourth-order valence-electron chi connectivity index (χ4n) is 14.7. The number of hydrogen-bond acceptors (Lipinski definition) is 15. The average Bonchev–Trinajstić information content (AvgIpc) is 1.72. The molecule has 6 rings (SSSR count). The summed E-state index contributed by atoms with van der Waals surface area (Å²) in [7, 11) is 9.49. The summed E-state index contributed by atoms with van der Waals surface area (Å²) < 4.78 is 83.0. The molecule has 0 aromatic heterocycles. The van der Waals surface area contributed by atoms with Gasteiger partial charge in [0.05, 0.1) is 32.0 Å². The van der Waals surface area contributed by atoms with Crippen LogP contribution in [0.25, 0.3) is 0 Å². The zero-order valence-corrected chi connectivity index (χ0v) is 61.5. The number of nitrogens with zero attached hydrogens (tertiary/aromatic N) is 9. The van der Waals surface area contributed by atoms with E-state index in [1.54, 1.807) is 34.6 Å². The highest BCUT2D eigenvalue weighted by Crippen LogP contribution is 2.39. The van der Waals surface area contributed by atoms with Gasteiger partial charge in [0.15, 0.2) is 0 Å². The van der Waals surface area contributed by atoms with E-state index < -0.39 is 211 Å². The van der Waals surface area contributed by atoms with Crippen molar-refractivity contribution in [2.45, 2.75) is 216 Å². The van der Waals surface area contributed by atoms with E-state index >= 15 is 37.5 Å². The molecule has 0 unspecified atom stereocenters. The van der Waals surface area contributed by atoms with Gasteiger partial charge < -0.3 is 69.5 Å². The third kappa shape index (κ3) is 20.1. The molecule has 1 aromatic carbocycles. The summed E-state index contributed by atoms with van der Waals surface area (Å²) in [6.07, 6.45) is -3.35. The molecule has 3 heterocycles. The lowest BCUT2D eigenvalue weighted by Gasteiger charge is -2.47. The number of esters is 1. The van der Waals surface area contributed by atoms with Crippen LogP contribution in [0.2, 0.25) is 0 Å². The van der Waals surface area contributed by atoms with Gasteiger partial charge in [-0.25, -0.2) is 8.78 Å². The molecule has 1 spiro atoms. The topological polar surface area (TPSA) is 306 Å². The molecule has 3 N–H and O–H groups in total. The van der Waals surface area contributed by atoms with Crippen LogP contribution in [0.15, 0.2) is 24.8 Å². The first kappa shape index (κ1) is 83.6. The Labute approximate surface area is 599 Å². The number of fused-ring (bicyclic) bond motifs is 3. The minimum atomic E-state index is -5.43. The summed E-state index contributed by atoms with van der Waals surface area (Å²) >= 11 is 0. The van der Waals surface area contributed by atoms with Crippen LogP contribution in [0.1, 0.15) is 155 Å². The van der Waals surface area contributed by atoms with Crippen molar-refractivity contribution >= 4 is 76.9 Å². The highest BCUT2D eigenvalue weighted by molar-refractivity contribution is 6.01. The molecule has 0 radical (unpaired) electrons. The smallest absolute Gasteiger partial charge is 0.422 e. The van der Waals surface area contributed by atoms with E-state index in [1.807, 2.05) is 0 Å². The number of aryl methyl sites for hydroxylation is 1. The van der Waals surface area contributed by atoms with Crippen molar-refractivity contribution in [1.82, 2.24) is 60.0 Å². The third-order valence-corrected chi connectivity index (χ3v) is 20.9. The van der Waals surface area contributed by atoms with E-state index in [0.717, 1.165) is 36.4 Å². The molecule has 5 aliphatic rings. The molecule has 2 bridgehead atoms. The Morgan fingerprint density at radius 1 is 0.728 bits per heavy atom. The molecule has 103 heavy (non-hydrogen) atoms. The second-order valence-electron chi connectivity index (χ2n) is 28.1. The number of nitrogens with one attached hydrogen (secondary N) is 3. The number of likely N-dealkylation sites (N-methyl/N-ethyl adjacent to an activating group) is 7. The lowest BCUT2D eigenvalue weighted by molar-refractivity contribution is -0.158.